The number of hydrogen-bond acceptors (Lipinski definition) is 4. The summed E-state index contributed by atoms with van der Waals surface area (Å²) < 4.78 is 5.14. The smallest absolute Gasteiger partial charge is 0.0600 e. The molecule has 0 unspecified atom stereocenters. The Morgan fingerprint density at radius 3 is 1.79 bits per heavy atom. The first-order chi connectivity index (χ1) is 9.26. The third kappa shape index (κ3) is 7.20. The van der Waals surface area contributed by atoms with Gasteiger partial charge in [-0.1, -0.05) is 11.8 Å². The third-order valence-corrected chi connectivity index (χ3v) is 3.33. The summed E-state index contributed by atoms with van der Waals surface area (Å²) in [5, 5.41) is 0. The Hall–Kier alpha value is -1.04. The minimum atomic E-state index is 0.767. The standard InChI is InChI=1S/C8H14N2.C7H11NO/c1-3-4-10-7-5-9(2)6-8-10;1-2-3-8-4-6-9-7-5-8/h1H,4-8H2,2H3;1H,3-7H2. The van der Waals surface area contributed by atoms with Crippen LogP contribution in [0.4, 0.5) is 0 Å². The second-order valence-corrected chi connectivity index (χ2v) is 4.88. The summed E-state index contributed by atoms with van der Waals surface area (Å²) in [6, 6.07) is 0. The van der Waals surface area contributed by atoms with Crippen LogP contribution in [0.3, 0.4) is 0 Å². The molecule has 0 radical (unpaired) electrons. The first kappa shape index (κ1) is 16.0. The lowest BCUT2D eigenvalue weighted by Crippen LogP contribution is -2.44. The minimum Gasteiger partial charge on any atom is -0.379 e. The molecule has 0 bridgehead atoms. The molecule has 2 rings (SSSR count). The Kier molecular flexibility index (Phi) is 8.29. The molecular weight excluding hydrogens is 238 g/mol. The molecule has 2 heterocycles. The third-order valence-electron chi connectivity index (χ3n) is 3.33. The molecule has 2 aliphatic heterocycles. The van der Waals surface area contributed by atoms with E-state index < -0.39 is 0 Å². The molecule has 0 aromatic carbocycles. The van der Waals surface area contributed by atoms with Crippen molar-refractivity contribution < 1.29 is 4.74 Å². The molecule has 0 saturated carbocycles. The highest BCUT2D eigenvalue weighted by Gasteiger charge is 2.11. The summed E-state index contributed by atoms with van der Waals surface area (Å²) >= 11 is 0. The molecule has 0 spiro atoms. The van der Waals surface area contributed by atoms with Gasteiger partial charge in [0.05, 0.1) is 26.3 Å². The molecule has 4 nitrogen and oxygen atoms in total. The monoisotopic (exact) mass is 263 g/mol. The van der Waals surface area contributed by atoms with Crippen molar-refractivity contribution >= 4 is 0 Å². The van der Waals surface area contributed by atoms with E-state index in [0.29, 0.717) is 0 Å². The van der Waals surface area contributed by atoms with Gasteiger partial charge in [-0.25, -0.2) is 0 Å². The molecule has 106 valence electrons. The van der Waals surface area contributed by atoms with E-state index in [9.17, 15) is 0 Å². The molecule has 4 heteroatoms. The number of nitrogens with zero attached hydrogens (tertiary/aromatic N) is 3. The highest BCUT2D eigenvalue weighted by atomic mass is 16.5. The predicted octanol–water partition coefficient (Wildman–Crippen LogP) is -0.181. The van der Waals surface area contributed by atoms with E-state index in [2.05, 4.69) is 33.6 Å². The van der Waals surface area contributed by atoms with Crippen LogP contribution in [0.1, 0.15) is 0 Å². The second kappa shape index (κ2) is 9.83. The fourth-order valence-electron chi connectivity index (χ4n) is 2.02. The molecule has 2 aliphatic rings. The Balaban J connectivity index is 0.000000191. The van der Waals surface area contributed by atoms with Crippen molar-refractivity contribution in [2.75, 3.05) is 72.6 Å². The zero-order valence-corrected chi connectivity index (χ0v) is 12.0. The summed E-state index contributed by atoms with van der Waals surface area (Å²) in [7, 11) is 2.15. The highest BCUT2D eigenvalue weighted by Crippen LogP contribution is 1.96. The van der Waals surface area contributed by atoms with Gasteiger partial charge >= 0.3 is 0 Å². The molecule has 0 aromatic rings. The fraction of sp³-hybridized carbons (Fsp3) is 0.733. The van der Waals surface area contributed by atoms with Gasteiger partial charge in [0.2, 0.25) is 0 Å². The van der Waals surface area contributed by atoms with Gasteiger partial charge in [0.25, 0.3) is 0 Å². The van der Waals surface area contributed by atoms with E-state index in [4.69, 9.17) is 17.6 Å². The predicted molar refractivity (Wildman–Crippen MR) is 78.9 cm³/mol. The van der Waals surface area contributed by atoms with Crippen LogP contribution >= 0.6 is 0 Å². The van der Waals surface area contributed by atoms with E-state index >= 15 is 0 Å². The highest BCUT2D eigenvalue weighted by molar-refractivity contribution is 4.89. The van der Waals surface area contributed by atoms with Crippen LogP contribution in [0.2, 0.25) is 0 Å². The Morgan fingerprint density at radius 2 is 1.32 bits per heavy atom. The van der Waals surface area contributed by atoms with Crippen molar-refractivity contribution in [2.24, 2.45) is 0 Å². The number of likely N-dealkylation sites (N-methyl/N-ethyl adjacent to an activating group) is 1. The van der Waals surface area contributed by atoms with Crippen molar-refractivity contribution in [1.29, 1.82) is 0 Å². The van der Waals surface area contributed by atoms with E-state index in [1.807, 2.05) is 0 Å². The molecular formula is C15H25N3O. The topological polar surface area (TPSA) is 19.0 Å². The zero-order valence-electron chi connectivity index (χ0n) is 12.0. The second-order valence-electron chi connectivity index (χ2n) is 4.88. The molecule has 0 amide bonds. The van der Waals surface area contributed by atoms with Gasteiger partial charge in [-0.2, -0.15) is 0 Å². The quantitative estimate of drug-likeness (QED) is 0.643. The molecule has 0 N–H and O–H groups in total. The van der Waals surface area contributed by atoms with Crippen molar-refractivity contribution in [2.45, 2.75) is 0 Å². The number of piperazine rings is 1. The number of hydrogen-bond donors (Lipinski definition) is 0. The van der Waals surface area contributed by atoms with Crippen LogP contribution in [-0.4, -0.2) is 87.3 Å². The maximum atomic E-state index is 5.19. The molecule has 0 aliphatic carbocycles. The number of rotatable bonds is 2. The van der Waals surface area contributed by atoms with Gasteiger partial charge in [-0.3, -0.25) is 9.80 Å². The van der Waals surface area contributed by atoms with Gasteiger partial charge < -0.3 is 9.64 Å². The largest absolute Gasteiger partial charge is 0.379 e. The van der Waals surface area contributed by atoms with Crippen LogP contribution in [-0.2, 0) is 4.74 Å². The first-order valence-corrected chi connectivity index (χ1v) is 6.84. The normalized spacial score (nSPS) is 21.8. The average molecular weight is 263 g/mol. The first-order valence-electron chi connectivity index (χ1n) is 6.84. The maximum absolute atomic E-state index is 5.19. The Bertz CT molecular complexity index is 304. The lowest BCUT2D eigenvalue weighted by Gasteiger charge is -2.30. The molecule has 19 heavy (non-hydrogen) atoms. The summed E-state index contributed by atoms with van der Waals surface area (Å²) in [6.07, 6.45) is 10.3. The van der Waals surface area contributed by atoms with Crippen LogP contribution in [0.25, 0.3) is 0 Å². The van der Waals surface area contributed by atoms with Crippen LogP contribution < -0.4 is 0 Å². The molecule has 2 fully saturated rings. The van der Waals surface area contributed by atoms with Crippen molar-refractivity contribution in [3.8, 4) is 24.7 Å². The number of morpholine rings is 1. The van der Waals surface area contributed by atoms with Gasteiger partial charge in [-0.05, 0) is 7.05 Å². The van der Waals surface area contributed by atoms with Crippen LogP contribution in [0.5, 0.6) is 0 Å². The van der Waals surface area contributed by atoms with Gasteiger partial charge in [0.15, 0.2) is 0 Å². The van der Waals surface area contributed by atoms with Crippen LogP contribution in [0.15, 0.2) is 0 Å². The zero-order chi connectivity index (χ0) is 13.9. The van der Waals surface area contributed by atoms with Crippen LogP contribution in [0, 0.1) is 24.7 Å². The van der Waals surface area contributed by atoms with Gasteiger partial charge in [0, 0.05) is 39.3 Å². The summed E-state index contributed by atoms with van der Waals surface area (Å²) in [6.45, 7) is 9.79. The maximum Gasteiger partial charge on any atom is 0.0600 e. The fourth-order valence-corrected chi connectivity index (χ4v) is 2.02. The average Bonchev–Trinajstić information content (AvgIpc) is 2.44. The van der Waals surface area contributed by atoms with Crippen molar-refractivity contribution in [3.05, 3.63) is 0 Å². The number of terminal acetylenes is 2. The van der Waals surface area contributed by atoms with E-state index in [1.165, 1.54) is 0 Å². The minimum absolute atomic E-state index is 0.767. The number of ether oxygens (including phenoxy) is 1. The van der Waals surface area contributed by atoms with Crippen molar-refractivity contribution in [1.82, 2.24) is 14.7 Å². The SMILES string of the molecule is C#CCN1CCN(C)CC1.C#CCN1CCOCC1. The van der Waals surface area contributed by atoms with Crippen molar-refractivity contribution in [3.63, 3.8) is 0 Å². The van der Waals surface area contributed by atoms with E-state index in [0.717, 1.165) is 65.6 Å². The van der Waals surface area contributed by atoms with E-state index in [1.54, 1.807) is 0 Å². The Morgan fingerprint density at radius 1 is 0.842 bits per heavy atom. The lowest BCUT2D eigenvalue weighted by molar-refractivity contribution is 0.0444. The Labute approximate surface area is 117 Å². The molecule has 0 atom stereocenters. The summed E-state index contributed by atoms with van der Waals surface area (Å²) in [4.78, 5) is 6.84. The summed E-state index contributed by atoms with van der Waals surface area (Å²) in [5.74, 6) is 5.27. The molecule has 0 aromatic heterocycles. The van der Waals surface area contributed by atoms with E-state index in [-0.39, 0.29) is 0 Å². The van der Waals surface area contributed by atoms with Gasteiger partial charge in [0.1, 0.15) is 0 Å². The molecule has 2 saturated heterocycles. The van der Waals surface area contributed by atoms with Gasteiger partial charge in [-0.15, -0.1) is 12.8 Å². The summed E-state index contributed by atoms with van der Waals surface area (Å²) in [5.41, 5.74) is 0. The lowest BCUT2D eigenvalue weighted by atomic mass is 10.3.